The van der Waals surface area contributed by atoms with Crippen molar-refractivity contribution >= 4 is 0 Å². The second-order valence-electron chi connectivity index (χ2n) is 11.2. The summed E-state index contributed by atoms with van der Waals surface area (Å²) in [5, 5.41) is 59.0. The Morgan fingerprint density at radius 3 is 0.691 bits per heavy atom. The van der Waals surface area contributed by atoms with E-state index in [-0.39, 0.29) is 45.1 Å². The van der Waals surface area contributed by atoms with E-state index >= 15 is 0 Å². The van der Waals surface area contributed by atoms with Crippen molar-refractivity contribution in [3.8, 4) is 67.8 Å². The van der Waals surface area contributed by atoms with Gasteiger partial charge in [-0.05, 0) is 46.5 Å². The van der Waals surface area contributed by atoms with Crippen LogP contribution in [0.3, 0.4) is 0 Å². The Bertz CT molecular complexity index is 2180. The Morgan fingerprint density at radius 1 is 0.309 bits per heavy atom. The summed E-state index contributed by atoms with van der Waals surface area (Å²) >= 11 is 0. The number of rotatable bonds is 6. The van der Waals surface area contributed by atoms with Gasteiger partial charge >= 0.3 is 34.1 Å². The zero-order valence-corrected chi connectivity index (χ0v) is 35.7. The molecule has 28 nitrogen and oxygen atoms in total. The molecule has 358 valence electrons. The molecular formula is C38H30Cu2N14O14. The van der Waals surface area contributed by atoms with Crippen LogP contribution in [0.4, 0.5) is 0 Å². The van der Waals surface area contributed by atoms with E-state index in [1.807, 2.05) is 60.7 Å². The molecule has 0 saturated carbocycles. The molecule has 30 heteroatoms. The van der Waals surface area contributed by atoms with Gasteiger partial charge in [-0.1, -0.05) is 60.7 Å². The number of hydrogen-bond acceptors (Lipinski definition) is 22. The van der Waals surface area contributed by atoms with Crippen LogP contribution in [0.15, 0.2) is 159 Å². The molecule has 6 heterocycles. The van der Waals surface area contributed by atoms with Gasteiger partial charge in [0, 0.05) is 49.6 Å². The molecule has 68 heavy (non-hydrogen) atoms. The quantitative estimate of drug-likeness (QED) is 0.123. The largest absolute Gasteiger partial charge is 2.00 e. The standard InChI is InChI=1S/2C19H13N5.2Cu.4NO3.2H2O/c2*1-2-4-14(5-3-1)15-10-16(18-12-20-6-8-22-18)24-17(11-15)19-13-21-7-9-23-19;;;4*2-1(3)4;;/h2*1-13H;;;;;;;2*1H2/q;;2*+2;4*-1;;. The maximum Gasteiger partial charge on any atom is 2.00 e. The van der Waals surface area contributed by atoms with Crippen LogP contribution >= 0.6 is 0 Å². The molecule has 2 radical (unpaired) electrons. The third-order valence-corrected chi connectivity index (χ3v) is 7.17. The normalized spacial score (nSPS) is 8.82. The van der Waals surface area contributed by atoms with Crippen molar-refractivity contribution in [2.45, 2.75) is 0 Å². The maximum absolute atomic E-state index is 8.25. The zero-order chi connectivity index (χ0) is 46.7. The van der Waals surface area contributed by atoms with Crippen LogP contribution in [-0.4, -0.2) is 81.1 Å². The molecule has 2 aromatic carbocycles. The third-order valence-electron chi connectivity index (χ3n) is 7.17. The summed E-state index contributed by atoms with van der Waals surface area (Å²) in [5.74, 6) is 0. The van der Waals surface area contributed by atoms with E-state index in [4.69, 9.17) is 71.3 Å². The van der Waals surface area contributed by atoms with E-state index < -0.39 is 20.3 Å². The van der Waals surface area contributed by atoms with E-state index in [1.54, 1.807) is 74.4 Å². The first kappa shape index (κ1) is 60.9. The van der Waals surface area contributed by atoms with Gasteiger partial charge in [-0.15, -0.1) is 0 Å². The Morgan fingerprint density at radius 2 is 0.515 bits per heavy atom. The monoisotopic (exact) mass is 1030 g/mol. The first-order valence-corrected chi connectivity index (χ1v) is 17.2. The number of pyridine rings is 2. The Hall–Kier alpha value is -9.18. The summed E-state index contributed by atoms with van der Waals surface area (Å²) in [6.45, 7) is 0. The van der Waals surface area contributed by atoms with Crippen molar-refractivity contribution in [1.29, 1.82) is 0 Å². The van der Waals surface area contributed by atoms with Crippen LogP contribution in [-0.2, 0) is 34.1 Å². The minimum atomic E-state index is -1.75. The van der Waals surface area contributed by atoms with Gasteiger partial charge in [-0.3, -0.25) is 39.9 Å². The van der Waals surface area contributed by atoms with Gasteiger partial charge in [0.25, 0.3) is 0 Å². The van der Waals surface area contributed by atoms with Crippen LogP contribution in [0.25, 0.3) is 67.8 Å². The van der Waals surface area contributed by atoms with Crippen molar-refractivity contribution < 1.29 is 65.4 Å². The predicted molar refractivity (Wildman–Crippen MR) is 232 cm³/mol. The summed E-state index contributed by atoms with van der Waals surface area (Å²) in [7, 11) is 0. The molecule has 0 aliphatic heterocycles. The average Bonchev–Trinajstić information content (AvgIpc) is 3.30. The average molecular weight is 1030 g/mol. The van der Waals surface area contributed by atoms with Crippen LogP contribution in [0.5, 0.6) is 0 Å². The fourth-order valence-electron chi connectivity index (χ4n) is 4.91. The van der Waals surface area contributed by atoms with Crippen LogP contribution in [0.2, 0.25) is 0 Å². The predicted octanol–water partition coefficient (Wildman–Crippen LogP) is 4.71. The summed E-state index contributed by atoms with van der Waals surface area (Å²) in [5.41, 5.74) is 10.2. The Balaban J connectivity index is 0. The van der Waals surface area contributed by atoms with Gasteiger partial charge in [0.05, 0.1) is 67.9 Å². The summed E-state index contributed by atoms with van der Waals surface area (Å²) in [6, 6.07) is 28.4. The molecule has 0 aliphatic rings. The fraction of sp³-hybridized carbons (Fsp3) is 0. The first-order valence-electron chi connectivity index (χ1n) is 17.2. The van der Waals surface area contributed by atoms with Crippen molar-refractivity contribution in [2.24, 2.45) is 0 Å². The molecule has 0 atom stereocenters. The number of nitrogens with zero attached hydrogens (tertiary/aromatic N) is 14. The van der Waals surface area contributed by atoms with E-state index in [0.29, 0.717) is 0 Å². The molecule has 8 rings (SSSR count). The summed E-state index contributed by atoms with van der Waals surface area (Å²) < 4.78 is 0. The van der Waals surface area contributed by atoms with Gasteiger partial charge in [0.15, 0.2) is 0 Å². The van der Waals surface area contributed by atoms with Crippen LogP contribution in [0.1, 0.15) is 0 Å². The SMILES string of the molecule is O.O.O=[N+]([O-])[O-].O=[N+]([O-])[O-].O=[N+]([O-])[O-].O=[N+]([O-])[O-].[Cu+2].[Cu+2].c1ccc(-c2cc(-c3cnccn3)nc(-c3cnccn3)c2)cc1.c1ccc(-c2cc(-c3cnccn3)nc(-c3cnccn3)c2)cc1. The topological polar surface area (TPSA) is 457 Å². The first-order chi connectivity index (χ1) is 30.7. The maximum atomic E-state index is 8.25. The summed E-state index contributed by atoms with van der Waals surface area (Å²) in [6.07, 6.45) is 20.1. The second-order valence-corrected chi connectivity index (χ2v) is 11.2. The number of aromatic nitrogens is 10. The molecule has 0 unspecified atom stereocenters. The molecule has 0 bridgehead atoms. The smallest absolute Gasteiger partial charge is 0.412 e. The van der Waals surface area contributed by atoms with E-state index in [1.165, 1.54) is 0 Å². The zero-order valence-electron chi connectivity index (χ0n) is 33.8. The second kappa shape index (κ2) is 33.3. The molecule has 0 aliphatic carbocycles. The van der Waals surface area contributed by atoms with Crippen LogP contribution < -0.4 is 0 Å². The molecule has 6 aromatic heterocycles. The summed E-state index contributed by atoms with van der Waals surface area (Å²) in [4.78, 5) is 76.4. The Kier molecular flexibility index (Phi) is 29.9. The van der Waals surface area contributed by atoms with Gasteiger partial charge < -0.3 is 72.2 Å². The number of hydrogen-bond donors (Lipinski definition) is 0. The van der Waals surface area contributed by atoms with Crippen molar-refractivity contribution in [3.63, 3.8) is 0 Å². The van der Waals surface area contributed by atoms with Crippen molar-refractivity contribution in [2.75, 3.05) is 0 Å². The Labute approximate surface area is 402 Å². The number of benzene rings is 2. The van der Waals surface area contributed by atoms with E-state index in [2.05, 4.69) is 64.1 Å². The van der Waals surface area contributed by atoms with Gasteiger partial charge in [-0.2, -0.15) is 0 Å². The molecule has 8 aromatic rings. The van der Waals surface area contributed by atoms with Crippen molar-refractivity contribution in [3.05, 3.63) is 221 Å². The minimum absolute atomic E-state index is 0. The third kappa shape index (κ3) is 23.5. The molecule has 0 spiro atoms. The molecule has 0 amide bonds. The fourth-order valence-corrected chi connectivity index (χ4v) is 4.91. The minimum Gasteiger partial charge on any atom is -0.412 e. The van der Waals surface area contributed by atoms with Crippen molar-refractivity contribution in [1.82, 2.24) is 49.8 Å². The van der Waals surface area contributed by atoms with Gasteiger partial charge in [0.1, 0.15) is 22.8 Å². The molecule has 4 N–H and O–H groups in total. The molecule has 0 fully saturated rings. The molecular weight excluding hydrogens is 1000 g/mol. The van der Waals surface area contributed by atoms with Crippen LogP contribution in [0, 0.1) is 61.3 Å². The van der Waals surface area contributed by atoms with Gasteiger partial charge in [0.2, 0.25) is 0 Å². The van der Waals surface area contributed by atoms with E-state index in [9.17, 15) is 0 Å². The van der Waals surface area contributed by atoms with E-state index in [0.717, 1.165) is 67.8 Å². The molecule has 0 saturated heterocycles. The van der Waals surface area contributed by atoms with Gasteiger partial charge in [-0.25, -0.2) is 9.97 Å².